The lowest BCUT2D eigenvalue weighted by atomic mass is 10.1. The van der Waals surface area contributed by atoms with Gasteiger partial charge in [-0.3, -0.25) is 14.3 Å². The van der Waals surface area contributed by atoms with Crippen LogP contribution in [0.4, 0.5) is 0 Å². The van der Waals surface area contributed by atoms with Gasteiger partial charge in [-0.1, -0.05) is 0 Å². The predicted octanol–water partition coefficient (Wildman–Crippen LogP) is 0.754. The van der Waals surface area contributed by atoms with E-state index < -0.39 is 0 Å². The van der Waals surface area contributed by atoms with Gasteiger partial charge in [0, 0.05) is 25.7 Å². The summed E-state index contributed by atoms with van der Waals surface area (Å²) in [4.78, 5) is 23.8. The molecule has 6 heteroatoms. The van der Waals surface area contributed by atoms with Crippen molar-refractivity contribution in [3.63, 3.8) is 0 Å². The summed E-state index contributed by atoms with van der Waals surface area (Å²) in [6.07, 6.45) is 3.71. The van der Waals surface area contributed by atoms with E-state index in [9.17, 15) is 9.59 Å². The highest BCUT2D eigenvalue weighted by Gasteiger charge is 2.22. The van der Waals surface area contributed by atoms with Crippen LogP contribution in [0.1, 0.15) is 42.6 Å². The number of hydrogen-bond donors (Lipinski definition) is 2. The number of aromatic nitrogens is 2. The molecule has 0 aromatic carbocycles. The molecule has 1 aromatic rings. The molecule has 0 spiro atoms. The van der Waals surface area contributed by atoms with Gasteiger partial charge in [-0.05, 0) is 45.1 Å². The maximum Gasteiger partial charge on any atom is 0.242 e. The zero-order valence-corrected chi connectivity index (χ0v) is 13.0. The minimum Gasteiger partial charge on any atom is -0.354 e. The van der Waals surface area contributed by atoms with E-state index in [1.165, 1.54) is 0 Å². The van der Waals surface area contributed by atoms with E-state index in [1.54, 1.807) is 0 Å². The highest BCUT2D eigenvalue weighted by molar-refractivity contribution is 5.87. The molecule has 1 fully saturated rings. The largest absolute Gasteiger partial charge is 0.354 e. The minimum atomic E-state index is -0.379. The smallest absolute Gasteiger partial charge is 0.242 e. The molecule has 2 heterocycles. The average molecular weight is 292 g/mol. The molecule has 1 aliphatic rings. The quantitative estimate of drug-likeness (QED) is 0.860. The molecule has 2 amide bonds. The molecule has 1 aromatic heterocycles. The third kappa shape index (κ3) is 3.83. The van der Waals surface area contributed by atoms with Crippen molar-refractivity contribution in [2.75, 3.05) is 6.54 Å². The van der Waals surface area contributed by atoms with E-state index in [0.29, 0.717) is 19.4 Å². The van der Waals surface area contributed by atoms with Gasteiger partial charge >= 0.3 is 0 Å². The fourth-order valence-electron chi connectivity index (χ4n) is 2.76. The summed E-state index contributed by atoms with van der Waals surface area (Å²) in [5.74, 6) is -0.130. The van der Waals surface area contributed by atoms with Crippen molar-refractivity contribution in [1.82, 2.24) is 20.4 Å². The molecule has 2 rings (SSSR count). The highest BCUT2D eigenvalue weighted by atomic mass is 16.2. The molecule has 0 unspecified atom stereocenters. The molecule has 0 bridgehead atoms. The first-order chi connectivity index (χ1) is 9.99. The molecule has 0 aliphatic carbocycles. The molecule has 2 N–H and O–H groups in total. The number of hydrogen-bond acceptors (Lipinski definition) is 3. The van der Waals surface area contributed by atoms with Crippen LogP contribution in [0.2, 0.25) is 0 Å². The van der Waals surface area contributed by atoms with Crippen LogP contribution < -0.4 is 10.6 Å². The number of rotatable bonds is 4. The van der Waals surface area contributed by atoms with Crippen LogP contribution in [0.3, 0.4) is 0 Å². The van der Waals surface area contributed by atoms with Crippen LogP contribution in [0.25, 0.3) is 0 Å². The van der Waals surface area contributed by atoms with Crippen LogP contribution in [0.15, 0.2) is 0 Å². The molecular formula is C15H24N4O2. The highest BCUT2D eigenvalue weighted by Crippen LogP contribution is 2.14. The Morgan fingerprint density at radius 2 is 2.19 bits per heavy atom. The molecule has 116 valence electrons. The maximum atomic E-state index is 12.1. The molecule has 0 saturated carbocycles. The molecule has 1 aliphatic heterocycles. The summed E-state index contributed by atoms with van der Waals surface area (Å²) < 4.78 is 1.83. The maximum absolute atomic E-state index is 12.1. The fraction of sp³-hybridized carbons (Fsp3) is 0.667. The van der Waals surface area contributed by atoms with Crippen molar-refractivity contribution >= 4 is 11.8 Å². The Morgan fingerprint density at radius 1 is 1.43 bits per heavy atom. The predicted molar refractivity (Wildman–Crippen MR) is 79.8 cm³/mol. The van der Waals surface area contributed by atoms with Crippen molar-refractivity contribution < 1.29 is 9.59 Å². The summed E-state index contributed by atoms with van der Waals surface area (Å²) in [6.45, 7) is 4.67. The van der Waals surface area contributed by atoms with Gasteiger partial charge in [0.05, 0.1) is 5.69 Å². The Balaban J connectivity index is 1.88. The van der Waals surface area contributed by atoms with Crippen LogP contribution in [-0.2, 0) is 23.1 Å². The lowest BCUT2D eigenvalue weighted by Gasteiger charge is -2.15. The SMILES string of the molecule is Cc1nn(C)c(C)c1CCC(=O)N[C@@H]1CCCCNC1=O. The van der Waals surface area contributed by atoms with E-state index in [2.05, 4.69) is 15.7 Å². The first-order valence-corrected chi connectivity index (χ1v) is 7.55. The van der Waals surface area contributed by atoms with Gasteiger partial charge in [0.25, 0.3) is 0 Å². The molecule has 0 radical (unpaired) electrons. The molecular weight excluding hydrogens is 268 g/mol. The van der Waals surface area contributed by atoms with E-state index in [1.807, 2.05) is 25.6 Å². The van der Waals surface area contributed by atoms with Gasteiger partial charge in [-0.2, -0.15) is 5.10 Å². The third-order valence-corrected chi connectivity index (χ3v) is 4.13. The normalized spacial score (nSPS) is 19.0. The second kappa shape index (κ2) is 6.74. The zero-order valence-electron chi connectivity index (χ0n) is 13.0. The van der Waals surface area contributed by atoms with Crippen molar-refractivity contribution in [2.45, 2.75) is 52.0 Å². The summed E-state index contributed by atoms with van der Waals surface area (Å²) in [5, 5.41) is 10.0. The van der Waals surface area contributed by atoms with Crippen LogP contribution >= 0.6 is 0 Å². The Bertz CT molecular complexity index is 536. The van der Waals surface area contributed by atoms with E-state index in [-0.39, 0.29) is 17.9 Å². The van der Waals surface area contributed by atoms with Crippen molar-refractivity contribution in [1.29, 1.82) is 0 Å². The fourth-order valence-corrected chi connectivity index (χ4v) is 2.76. The summed E-state index contributed by atoms with van der Waals surface area (Å²) in [7, 11) is 1.90. The summed E-state index contributed by atoms with van der Waals surface area (Å²) in [6, 6.07) is -0.379. The molecule has 21 heavy (non-hydrogen) atoms. The number of nitrogens with zero attached hydrogens (tertiary/aromatic N) is 2. The Labute approximate surface area is 125 Å². The monoisotopic (exact) mass is 292 g/mol. The summed E-state index contributed by atoms with van der Waals surface area (Å²) in [5.41, 5.74) is 3.18. The molecule has 1 atom stereocenters. The third-order valence-electron chi connectivity index (χ3n) is 4.13. The second-order valence-electron chi connectivity index (χ2n) is 5.68. The topological polar surface area (TPSA) is 76.0 Å². The van der Waals surface area contributed by atoms with Gasteiger partial charge in [0.2, 0.25) is 11.8 Å². The van der Waals surface area contributed by atoms with Gasteiger partial charge in [0.1, 0.15) is 6.04 Å². The standard InChI is InChI=1S/C15H24N4O2/c1-10-12(11(2)19(3)18-10)7-8-14(20)17-13-6-4-5-9-16-15(13)21/h13H,4-9H2,1-3H3,(H,16,21)(H,17,20)/t13-/m1/s1. The lowest BCUT2D eigenvalue weighted by Crippen LogP contribution is -2.45. The van der Waals surface area contributed by atoms with E-state index >= 15 is 0 Å². The zero-order chi connectivity index (χ0) is 15.4. The Morgan fingerprint density at radius 3 is 2.86 bits per heavy atom. The van der Waals surface area contributed by atoms with Gasteiger partial charge < -0.3 is 10.6 Å². The molecule has 6 nitrogen and oxygen atoms in total. The van der Waals surface area contributed by atoms with E-state index in [4.69, 9.17) is 0 Å². The van der Waals surface area contributed by atoms with Crippen LogP contribution in [-0.4, -0.2) is 34.2 Å². The number of carbonyl (C=O) groups excluding carboxylic acids is 2. The minimum absolute atomic E-state index is 0.0606. The van der Waals surface area contributed by atoms with Crippen LogP contribution in [0, 0.1) is 13.8 Å². The van der Waals surface area contributed by atoms with Gasteiger partial charge in [-0.25, -0.2) is 0 Å². The Kier molecular flexibility index (Phi) is 4.98. The van der Waals surface area contributed by atoms with Crippen molar-refractivity contribution in [3.8, 4) is 0 Å². The first kappa shape index (κ1) is 15.5. The average Bonchev–Trinajstić information content (AvgIpc) is 2.58. The number of nitrogens with one attached hydrogen (secondary N) is 2. The van der Waals surface area contributed by atoms with Crippen molar-refractivity contribution in [2.24, 2.45) is 7.05 Å². The first-order valence-electron chi connectivity index (χ1n) is 7.55. The molecule has 1 saturated heterocycles. The second-order valence-corrected chi connectivity index (χ2v) is 5.68. The Hall–Kier alpha value is -1.85. The van der Waals surface area contributed by atoms with E-state index in [0.717, 1.165) is 36.2 Å². The van der Waals surface area contributed by atoms with Crippen molar-refractivity contribution in [3.05, 3.63) is 17.0 Å². The van der Waals surface area contributed by atoms with Gasteiger partial charge in [-0.15, -0.1) is 0 Å². The number of amides is 2. The lowest BCUT2D eigenvalue weighted by molar-refractivity contribution is -0.128. The van der Waals surface area contributed by atoms with Crippen LogP contribution in [0.5, 0.6) is 0 Å². The van der Waals surface area contributed by atoms with Gasteiger partial charge in [0.15, 0.2) is 0 Å². The number of aryl methyl sites for hydroxylation is 2. The summed E-state index contributed by atoms with van der Waals surface area (Å²) >= 11 is 0. The number of carbonyl (C=O) groups is 2.